The second kappa shape index (κ2) is 15.1. The second-order valence-corrected chi connectivity index (χ2v) is 13.8. The molecule has 4 heterocycles. The number of nitrogens with two attached hydrogens (primary N) is 1. The van der Waals surface area contributed by atoms with Gasteiger partial charge in [0, 0.05) is 16.8 Å². The fourth-order valence-corrected chi connectivity index (χ4v) is 5.27. The van der Waals surface area contributed by atoms with Gasteiger partial charge in [0.05, 0.1) is 72.1 Å². The van der Waals surface area contributed by atoms with Gasteiger partial charge in [-0.15, -0.1) is 12.4 Å². The number of halogens is 5. The van der Waals surface area contributed by atoms with Gasteiger partial charge in [0.25, 0.3) is 5.69 Å². The molecule has 0 saturated carbocycles. The number of hydrogen-bond acceptors (Lipinski definition) is 7. The van der Waals surface area contributed by atoms with E-state index in [-0.39, 0.29) is 56.2 Å². The molecule has 8 aromatic rings. The number of nitrogen functional groups attached to an aromatic ring is 1. The number of non-ortho nitro benzene ring substituents is 1. The van der Waals surface area contributed by atoms with E-state index in [1.165, 1.54) is 18.3 Å². The fourth-order valence-electron chi connectivity index (χ4n) is 5.27. The van der Waals surface area contributed by atoms with Crippen molar-refractivity contribution in [3.63, 3.8) is 0 Å². The number of nitrogens with one attached hydrogen (secondary N) is 4. The van der Waals surface area contributed by atoms with Crippen LogP contribution in [0.4, 0.5) is 20.2 Å². The Morgan fingerprint density at radius 2 is 1.12 bits per heavy atom. The van der Waals surface area contributed by atoms with Gasteiger partial charge in [-0.2, -0.15) is 10.2 Å². The summed E-state index contributed by atoms with van der Waals surface area (Å²) in [5.41, 5.74) is 7.39. The van der Waals surface area contributed by atoms with Crippen molar-refractivity contribution in [3.05, 3.63) is 103 Å². The fraction of sp³-hybridized carbons (Fsp3) is 0. The first-order valence-corrected chi connectivity index (χ1v) is 20.0. The number of hydrogen-bond donors (Lipinski definition) is 5. The monoisotopic (exact) mass is 828 g/mol. The van der Waals surface area contributed by atoms with Crippen LogP contribution in [0.3, 0.4) is 0 Å². The number of fused-ring (bicyclic) bond motifs is 8. The van der Waals surface area contributed by atoms with Gasteiger partial charge < -0.3 is 26.7 Å². The molecule has 0 unspecified atom stereocenters. The quantitative estimate of drug-likeness (QED) is 0.0514. The van der Waals surface area contributed by atoms with Crippen molar-refractivity contribution >= 4 is 126 Å². The van der Waals surface area contributed by atoms with Crippen LogP contribution in [0.2, 0.25) is 0 Å². The Bertz CT molecular complexity index is 2600. The van der Waals surface area contributed by atoms with Crippen LogP contribution in [-0.4, -0.2) is 65.1 Å². The summed E-state index contributed by atoms with van der Waals surface area (Å²) in [6.07, 6.45) is 3.02. The summed E-state index contributed by atoms with van der Waals surface area (Å²) in [5.74, 6) is -1.39. The average molecular weight is 829 g/mol. The van der Waals surface area contributed by atoms with E-state index in [9.17, 15) is 28.5 Å². The molecule has 2 radical (unpaired) electrons. The number of rotatable bonds is 1. The van der Waals surface area contributed by atoms with Gasteiger partial charge in [-0.1, -0.05) is 0 Å². The van der Waals surface area contributed by atoms with Gasteiger partial charge in [-0.05, 0) is 42.5 Å². The van der Waals surface area contributed by atoms with Crippen LogP contribution in [-0.2, 0) is 0 Å². The molecule has 10 N–H and O–H groups in total. The molecule has 0 aliphatic heterocycles. The summed E-state index contributed by atoms with van der Waals surface area (Å²) in [7, 11) is 9.87. The Kier molecular flexibility index (Phi) is 11.9. The number of H-pyrrole nitrogens is 4. The maximum absolute atomic E-state index is 14.1. The van der Waals surface area contributed by atoms with Crippen LogP contribution in [0.1, 0.15) is 0 Å². The zero-order chi connectivity index (χ0) is 32.0. The number of anilines is 1. The van der Waals surface area contributed by atoms with E-state index < -0.39 is 40.9 Å². The molecular formula is C28H21Cl3F2N8O6Sn. The summed E-state index contributed by atoms with van der Waals surface area (Å²) in [5, 5.41) is 25.9. The first-order chi connectivity index (χ1) is 21.7. The number of aromatic nitrogens is 6. The molecule has 48 heavy (non-hydrogen) atoms. The summed E-state index contributed by atoms with van der Waals surface area (Å²) in [6.45, 7) is 0. The van der Waals surface area contributed by atoms with Crippen molar-refractivity contribution < 1.29 is 24.7 Å². The second-order valence-electron chi connectivity index (χ2n) is 9.58. The van der Waals surface area contributed by atoms with Crippen molar-refractivity contribution in [2.75, 3.05) is 5.73 Å². The molecule has 0 amide bonds. The Morgan fingerprint density at radius 1 is 0.708 bits per heavy atom. The zero-order valence-corrected chi connectivity index (χ0v) is 28.9. The maximum atomic E-state index is 14.1. The van der Waals surface area contributed by atoms with E-state index >= 15 is 0 Å². The zero-order valence-electron chi connectivity index (χ0n) is 23.7. The third-order valence-corrected chi connectivity index (χ3v) is 7.19. The predicted octanol–water partition coefficient (Wildman–Crippen LogP) is 4.65. The van der Waals surface area contributed by atoms with Crippen molar-refractivity contribution in [2.24, 2.45) is 0 Å². The van der Waals surface area contributed by atoms with Crippen LogP contribution >= 0.6 is 30.2 Å². The van der Waals surface area contributed by atoms with Gasteiger partial charge in [0.2, 0.25) is 10.9 Å². The molecule has 248 valence electrons. The molecule has 0 spiro atoms. The van der Waals surface area contributed by atoms with Gasteiger partial charge in [-0.3, -0.25) is 29.9 Å². The molecule has 14 nitrogen and oxygen atoms in total. The Balaban J connectivity index is 0.000000228. The number of nitro groups is 1. The average Bonchev–Trinajstić information content (AvgIpc) is 3.69. The molecule has 0 saturated heterocycles. The molecule has 20 heteroatoms. The van der Waals surface area contributed by atoms with Crippen molar-refractivity contribution in [2.45, 2.75) is 0 Å². The summed E-state index contributed by atoms with van der Waals surface area (Å²) >= 11 is -0.826. The van der Waals surface area contributed by atoms with E-state index in [1.807, 2.05) is 6.07 Å². The Morgan fingerprint density at radius 3 is 1.60 bits per heavy atom. The van der Waals surface area contributed by atoms with Crippen LogP contribution < -0.4 is 16.6 Å². The summed E-state index contributed by atoms with van der Waals surface area (Å²) in [6, 6.07) is 11.5. The van der Waals surface area contributed by atoms with Crippen LogP contribution in [0.15, 0.2) is 70.5 Å². The van der Waals surface area contributed by atoms with E-state index in [0.29, 0.717) is 43.9 Å². The van der Waals surface area contributed by atoms with E-state index in [1.54, 1.807) is 24.4 Å². The van der Waals surface area contributed by atoms with Crippen LogP contribution in [0.25, 0.3) is 65.4 Å². The van der Waals surface area contributed by atoms with Gasteiger partial charge in [0.15, 0.2) is 0 Å². The Labute approximate surface area is 288 Å². The van der Waals surface area contributed by atoms with Crippen LogP contribution in [0.5, 0.6) is 0 Å². The molecule has 4 aromatic heterocycles. The van der Waals surface area contributed by atoms with Crippen LogP contribution in [0, 0.1) is 21.7 Å². The third-order valence-electron chi connectivity index (χ3n) is 7.19. The first kappa shape index (κ1) is 37.9. The normalized spacial score (nSPS) is 10.5. The number of pyridine rings is 2. The topological polar surface area (TPSA) is 255 Å². The minimum absolute atomic E-state index is 0. The molecule has 0 aliphatic carbocycles. The number of nitrogens with zero attached hydrogens (tertiary/aromatic N) is 3. The van der Waals surface area contributed by atoms with Crippen molar-refractivity contribution in [1.82, 2.24) is 30.4 Å². The van der Waals surface area contributed by atoms with Gasteiger partial charge >= 0.3 is 36.7 Å². The SMILES string of the molecule is Cl.Nc1ccc(F)c2c(=O)c3c(ccc4[nH]ncc43)[nH]c12.O.O.O=c1c2c(F)ccc([N+](=O)[O-])c2[nH]c2ccc3[nH]ncc3c12.[Cl][Sn][Cl]. The number of nitro benzene ring substituents is 1. The molecule has 0 bridgehead atoms. The standard InChI is InChI=1S/C14H7FN4O3.C14H9FN4O.3ClH.2H2O.Sn/c15-7-1-4-10(19(21)22)13-12(7)14(20)11-6-5-16-18-8(6)2-3-9(11)17-13;15-7-1-2-8(16)13-12(7)14(20)11-6-5-17-19-9(6)3-4-10(11)18-13;;;;;;/h1-5H,(H,16,18)(H,17,20);1-5H,16H2,(H,17,19)(H,18,20);3*1H;2*1H2;/q;;;;;;;+2/p-2. The van der Waals surface area contributed by atoms with E-state index in [4.69, 9.17) is 23.6 Å². The molecular weight excluding hydrogens is 807 g/mol. The minimum atomic E-state index is -0.826. The summed E-state index contributed by atoms with van der Waals surface area (Å²) in [4.78, 5) is 41.6. The Hall–Kier alpha value is -4.59. The summed E-state index contributed by atoms with van der Waals surface area (Å²) < 4.78 is 28.1. The van der Waals surface area contributed by atoms with Crippen molar-refractivity contribution in [1.29, 1.82) is 0 Å². The predicted molar refractivity (Wildman–Crippen MR) is 186 cm³/mol. The van der Waals surface area contributed by atoms with E-state index in [0.717, 1.165) is 17.6 Å². The van der Waals surface area contributed by atoms with Crippen molar-refractivity contribution in [3.8, 4) is 0 Å². The number of aromatic amines is 4. The number of benzene rings is 4. The first-order valence-electron chi connectivity index (χ1n) is 12.7. The van der Waals surface area contributed by atoms with E-state index in [2.05, 4.69) is 30.4 Å². The van der Waals surface area contributed by atoms with Gasteiger partial charge in [0.1, 0.15) is 17.2 Å². The van der Waals surface area contributed by atoms with Gasteiger partial charge in [-0.25, -0.2) is 8.78 Å². The molecule has 4 aromatic carbocycles. The molecule has 8 rings (SSSR count). The third kappa shape index (κ3) is 6.32. The molecule has 0 aliphatic rings. The molecule has 0 fully saturated rings. The molecule has 0 atom stereocenters.